The molecule has 1 heterocycles. The van der Waals surface area contributed by atoms with Gasteiger partial charge in [-0.05, 0) is 37.8 Å². The average molecular weight is 332 g/mol. The normalized spacial score (nSPS) is 21.4. The molecule has 0 amide bonds. The van der Waals surface area contributed by atoms with Crippen molar-refractivity contribution in [2.24, 2.45) is 0 Å². The number of phenols is 1. The van der Waals surface area contributed by atoms with Crippen LogP contribution in [0.15, 0.2) is 12.1 Å². The van der Waals surface area contributed by atoms with Gasteiger partial charge in [-0.15, -0.1) is 0 Å². The van der Waals surface area contributed by atoms with Gasteiger partial charge in [0.1, 0.15) is 5.75 Å². The Labute approximate surface area is 136 Å². The van der Waals surface area contributed by atoms with E-state index in [1.54, 1.807) is 12.1 Å². The summed E-state index contributed by atoms with van der Waals surface area (Å²) in [4.78, 5) is 0. The predicted octanol–water partition coefficient (Wildman–Crippen LogP) is 4.53. The molecule has 0 radical (unpaired) electrons. The number of aromatic hydroxyl groups is 1. The third-order valence-corrected chi connectivity index (χ3v) is 4.98. The molecule has 1 aliphatic rings. The maximum Gasteiger partial charge on any atom is 0.138 e. The zero-order valence-corrected chi connectivity index (χ0v) is 14.1. The Balaban J connectivity index is 2.00. The van der Waals surface area contributed by atoms with E-state index >= 15 is 0 Å². The fourth-order valence-corrected chi connectivity index (χ4v) is 3.49. The summed E-state index contributed by atoms with van der Waals surface area (Å²) in [5.74, 6) is 0.109. The van der Waals surface area contributed by atoms with Gasteiger partial charge in [0.25, 0.3) is 0 Å². The number of hydrogen-bond donors (Lipinski definition) is 2. The largest absolute Gasteiger partial charge is 0.506 e. The molecule has 1 aromatic rings. The van der Waals surface area contributed by atoms with Crippen molar-refractivity contribution >= 4 is 23.2 Å². The van der Waals surface area contributed by atoms with Crippen molar-refractivity contribution in [2.45, 2.75) is 57.7 Å². The van der Waals surface area contributed by atoms with E-state index in [-0.39, 0.29) is 11.4 Å². The molecule has 3 nitrogen and oxygen atoms in total. The lowest BCUT2D eigenvalue weighted by Gasteiger charge is -2.40. The van der Waals surface area contributed by atoms with Crippen LogP contribution in [0.4, 0.5) is 0 Å². The van der Waals surface area contributed by atoms with Gasteiger partial charge in [-0.1, -0.05) is 37.0 Å². The van der Waals surface area contributed by atoms with Gasteiger partial charge in [-0.2, -0.15) is 0 Å². The minimum atomic E-state index is -0.00998. The number of ether oxygens (including phenoxy) is 1. The topological polar surface area (TPSA) is 41.5 Å². The van der Waals surface area contributed by atoms with Crippen LogP contribution in [0.1, 0.15) is 45.1 Å². The van der Waals surface area contributed by atoms with Crippen LogP contribution in [0, 0.1) is 0 Å². The van der Waals surface area contributed by atoms with Crippen LogP contribution in [0.3, 0.4) is 0 Å². The first-order valence-electron chi connectivity index (χ1n) is 7.54. The van der Waals surface area contributed by atoms with E-state index in [1.165, 1.54) is 0 Å². The zero-order valence-electron chi connectivity index (χ0n) is 12.6. The molecule has 1 fully saturated rings. The van der Waals surface area contributed by atoms with Gasteiger partial charge in [-0.3, -0.25) is 0 Å². The van der Waals surface area contributed by atoms with Gasteiger partial charge in [-0.25, -0.2) is 0 Å². The summed E-state index contributed by atoms with van der Waals surface area (Å²) in [5.41, 5.74) is 0.724. The van der Waals surface area contributed by atoms with Crippen LogP contribution in [-0.2, 0) is 11.3 Å². The van der Waals surface area contributed by atoms with Crippen LogP contribution in [0.2, 0.25) is 10.0 Å². The van der Waals surface area contributed by atoms with E-state index < -0.39 is 0 Å². The highest BCUT2D eigenvalue weighted by Crippen LogP contribution is 2.33. The van der Waals surface area contributed by atoms with E-state index in [0.717, 1.165) is 37.9 Å². The molecular weight excluding hydrogens is 309 g/mol. The van der Waals surface area contributed by atoms with Crippen molar-refractivity contribution in [3.63, 3.8) is 0 Å². The van der Waals surface area contributed by atoms with Crippen molar-refractivity contribution in [3.8, 4) is 5.75 Å². The Morgan fingerprint density at radius 2 is 2.05 bits per heavy atom. The van der Waals surface area contributed by atoms with Gasteiger partial charge in [0, 0.05) is 29.8 Å². The fourth-order valence-electron chi connectivity index (χ4n) is 2.95. The summed E-state index contributed by atoms with van der Waals surface area (Å²) in [6, 6.07) is 3.69. The molecule has 1 atom stereocenters. The van der Waals surface area contributed by atoms with Crippen LogP contribution in [0.25, 0.3) is 0 Å². The Morgan fingerprint density at radius 1 is 1.33 bits per heavy atom. The van der Waals surface area contributed by atoms with Crippen LogP contribution in [-0.4, -0.2) is 23.4 Å². The predicted molar refractivity (Wildman–Crippen MR) is 87.3 cm³/mol. The second-order valence-corrected chi connectivity index (χ2v) is 6.55. The minimum Gasteiger partial charge on any atom is -0.506 e. The average Bonchev–Trinajstić information content (AvgIpc) is 2.49. The van der Waals surface area contributed by atoms with Gasteiger partial charge >= 0.3 is 0 Å². The molecule has 0 bridgehead atoms. The smallest absolute Gasteiger partial charge is 0.138 e. The maximum absolute atomic E-state index is 9.99. The molecule has 5 heteroatoms. The van der Waals surface area contributed by atoms with Crippen LogP contribution >= 0.6 is 23.2 Å². The number of hydrogen-bond acceptors (Lipinski definition) is 3. The van der Waals surface area contributed by atoms with Gasteiger partial charge < -0.3 is 15.2 Å². The van der Waals surface area contributed by atoms with Crippen molar-refractivity contribution in [1.82, 2.24) is 5.32 Å². The molecule has 0 aliphatic carbocycles. The highest BCUT2D eigenvalue weighted by Gasteiger charge is 2.34. The van der Waals surface area contributed by atoms with E-state index in [2.05, 4.69) is 19.2 Å². The highest BCUT2D eigenvalue weighted by molar-refractivity contribution is 6.35. The summed E-state index contributed by atoms with van der Waals surface area (Å²) in [6.45, 7) is 5.69. The molecule has 0 spiro atoms. The highest BCUT2D eigenvalue weighted by atomic mass is 35.5. The number of phenolic OH excluding ortho intramolecular Hbond substituents is 1. The lowest BCUT2D eigenvalue weighted by Crippen LogP contribution is -2.46. The number of rotatable bonds is 5. The number of benzene rings is 1. The zero-order chi connectivity index (χ0) is 15.5. The Kier molecular flexibility index (Phi) is 5.78. The van der Waals surface area contributed by atoms with Crippen molar-refractivity contribution < 1.29 is 9.84 Å². The van der Waals surface area contributed by atoms with Gasteiger partial charge in [0.2, 0.25) is 0 Å². The molecule has 118 valence electrons. The maximum atomic E-state index is 9.99. The van der Waals surface area contributed by atoms with E-state index in [1.807, 2.05) is 0 Å². The molecule has 0 aromatic heterocycles. The van der Waals surface area contributed by atoms with E-state index in [0.29, 0.717) is 22.6 Å². The second-order valence-electron chi connectivity index (χ2n) is 5.70. The lowest BCUT2D eigenvalue weighted by atomic mass is 9.86. The molecule has 2 N–H and O–H groups in total. The first kappa shape index (κ1) is 16.9. The quantitative estimate of drug-likeness (QED) is 0.833. The third-order valence-electron chi connectivity index (χ3n) is 4.47. The fraction of sp³-hybridized carbons (Fsp3) is 0.625. The molecule has 2 rings (SSSR count). The monoisotopic (exact) mass is 331 g/mol. The van der Waals surface area contributed by atoms with Gasteiger partial charge in [0.15, 0.2) is 0 Å². The molecular formula is C16H23Cl2NO2. The standard InChI is InChI=1S/C16H23Cl2NO2/c1-3-16(4-2)9-13(5-6-21-16)19-10-11-7-12(17)8-14(18)15(11)20/h7-8,13,19-20H,3-6,9-10H2,1-2H3. The lowest BCUT2D eigenvalue weighted by molar-refractivity contribution is -0.0932. The Morgan fingerprint density at radius 3 is 2.71 bits per heavy atom. The summed E-state index contributed by atoms with van der Waals surface area (Å²) < 4.78 is 5.98. The summed E-state index contributed by atoms with van der Waals surface area (Å²) >= 11 is 11.9. The van der Waals surface area contributed by atoms with Gasteiger partial charge in [0.05, 0.1) is 10.6 Å². The van der Waals surface area contributed by atoms with Crippen LogP contribution < -0.4 is 5.32 Å². The van der Waals surface area contributed by atoms with Crippen molar-refractivity contribution in [1.29, 1.82) is 0 Å². The summed E-state index contributed by atoms with van der Waals surface area (Å²) in [5, 5.41) is 14.3. The van der Waals surface area contributed by atoms with Crippen molar-refractivity contribution in [3.05, 3.63) is 27.7 Å². The molecule has 1 aliphatic heterocycles. The number of halogens is 2. The molecule has 1 aromatic carbocycles. The molecule has 0 saturated carbocycles. The molecule has 1 saturated heterocycles. The first-order valence-corrected chi connectivity index (χ1v) is 8.29. The van der Waals surface area contributed by atoms with E-state index in [4.69, 9.17) is 27.9 Å². The Hall–Kier alpha value is -0.480. The number of nitrogens with one attached hydrogen (secondary N) is 1. The van der Waals surface area contributed by atoms with E-state index in [9.17, 15) is 5.11 Å². The second kappa shape index (κ2) is 7.19. The molecule has 21 heavy (non-hydrogen) atoms. The third kappa shape index (κ3) is 4.04. The minimum absolute atomic E-state index is 0.00998. The summed E-state index contributed by atoms with van der Waals surface area (Å²) in [7, 11) is 0. The SMILES string of the molecule is CCC1(CC)CC(NCc2cc(Cl)cc(Cl)c2O)CCO1. The summed E-state index contributed by atoms with van der Waals surface area (Å²) in [6.07, 6.45) is 4.03. The Bertz CT molecular complexity index is 489. The van der Waals surface area contributed by atoms with Crippen LogP contribution in [0.5, 0.6) is 5.75 Å². The first-order chi connectivity index (χ1) is 9.99. The van der Waals surface area contributed by atoms with Crippen molar-refractivity contribution in [2.75, 3.05) is 6.61 Å². The molecule has 1 unspecified atom stereocenters.